The number of aromatic nitrogens is 1. The van der Waals surface area contributed by atoms with Crippen LogP contribution in [0.4, 0.5) is 17.1 Å². The van der Waals surface area contributed by atoms with Crippen LogP contribution in [0, 0.1) is 0 Å². The molecule has 0 aliphatic carbocycles. The van der Waals surface area contributed by atoms with Crippen LogP contribution in [0.25, 0.3) is 66.7 Å². The molecule has 0 amide bonds. The predicted octanol–water partition coefficient (Wildman–Crippen LogP) is 12.2. The van der Waals surface area contributed by atoms with Crippen LogP contribution >= 0.6 is 0 Å². The molecule has 47 heavy (non-hydrogen) atoms. The Labute approximate surface area is 271 Å². The zero-order valence-corrected chi connectivity index (χ0v) is 25.4. The van der Waals surface area contributed by atoms with E-state index in [2.05, 4.69) is 132 Å². The second-order valence-corrected chi connectivity index (χ2v) is 11.6. The summed E-state index contributed by atoms with van der Waals surface area (Å²) in [5, 5.41) is 1.98. The van der Waals surface area contributed by atoms with Crippen LogP contribution in [0.15, 0.2) is 179 Å². The molecule has 0 saturated carbocycles. The zero-order valence-electron chi connectivity index (χ0n) is 25.4. The van der Waals surface area contributed by atoms with Gasteiger partial charge in [-0.3, -0.25) is 0 Å². The van der Waals surface area contributed by atoms with Gasteiger partial charge >= 0.3 is 0 Å². The second-order valence-electron chi connectivity index (χ2n) is 11.6. The summed E-state index contributed by atoms with van der Waals surface area (Å²) >= 11 is 0. The fraction of sp³-hybridized carbons (Fsp3) is 0. The summed E-state index contributed by atoms with van der Waals surface area (Å²) in [6.07, 6.45) is 0. The molecular formula is C43H28N2O2. The fourth-order valence-electron chi connectivity index (χ4n) is 6.51. The molecule has 0 bridgehead atoms. The molecule has 7 aromatic carbocycles. The highest BCUT2D eigenvalue weighted by Crippen LogP contribution is 2.44. The van der Waals surface area contributed by atoms with Crippen molar-refractivity contribution in [2.75, 3.05) is 4.90 Å². The number of hydrogen-bond donors (Lipinski definition) is 0. The Kier molecular flexibility index (Phi) is 6.43. The molecule has 4 heteroatoms. The standard InChI is InChI=1S/C43H28N2O2/c1-3-12-29(13-4-1)30-22-24-32(25-23-30)45(38-19-9-7-16-34(38)31-14-5-2-6-15-31)33-26-27-39-36(28-33)42-35(17-11-21-41(42)46-39)43-44-37-18-8-10-20-40(37)47-43/h1-28H. The van der Waals surface area contributed by atoms with E-state index in [0.717, 1.165) is 66.8 Å². The molecule has 0 radical (unpaired) electrons. The van der Waals surface area contributed by atoms with Crippen molar-refractivity contribution in [3.05, 3.63) is 170 Å². The molecule has 4 nitrogen and oxygen atoms in total. The largest absolute Gasteiger partial charge is 0.456 e. The first kappa shape index (κ1) is 27.0. The molecule has 222 valence electrons. The van der Waals surface area contributed by atoms with E-state index >= 15 is 0 Å². The highest BCUT2D eigenvalue weighted by molar-refractivity contribution is 6.13. The maximum Gasteiger partial charge on any atom is 0.228 e. The van der Waals surface area contributed by atoms with E-state index in [1.807, 2.05) is 42.5 Å². The van der Waals surface area contributed by atoms with Gasteiger partial charge in [0.05, 0.1) is 5.69 Å². The number of para-hydroxylation sites is 3. The summed E-state index contributed by atoms with van der Waals surface area (Å²) in [6.45, 7) is 0. The Morgan fingerprint density at radius 3 is 1.87 bits per heavy atom. The molecule has 0 atom stereocenters. The fourth-order valence-corrected chi connectivity index (χ4v) is 6.51. The number of oxazole rings is 1. The van der Waals surface area contributed by atoms with Gasteiger partial charge in [-0.15, -0.1) is 0 Å². The van der Waals surface area contributed by atoms with Crippen molar-refractivity contribution in [2.24, 2.45) is 0 Å². The van der Waals surface area contributed by atoms with Crippen molar-refractivity contribution in [1.82, 2.24) is 4.98 Å². The molecular weight excluding hydrogens is 576 g/mol. The van der Waals surface area contributed by atoms with Crippen LogP contribution in [0.3, 0.4) is 0 Å². The van der Waals surface area contributed by atoms with Crippen LogP contribution in [0.2, 0.25) is 0 Å². The highest BCUT2D eigenvalue weighted by atomic mass is 16.3. The number of furan rings is 1. The van der Waals surface area contributed by atoms with Crippen molar-refractivity contribution in [3.63, 3.8) is 0 Å². The number of benzene rings is 7. The Morgan fingerprint density at radius 1 is 0.426 bits per heavy atom. The van der Waals surface area contributed by atoms with Gasteiger partial charge in [0.25, 0.3) is 0 Å². The van der Waals surface area contributed by atoms with Crippen LogP contribution in [-0.2, 0) is 0 Å². The molecule has 0 fully saturated rings. The lowest BCUT2D eigenvalue weighted by Crippen LogP contribution is -2.11. The first-order valence-electron chi connectivity index (χ1n) is 15.7. The van der Waals surface area contributed by atoms with E-state index in [1.54, 1.807) is 0 Å². The third-order valence-corrected chi connectivity index (χ3v) is 8.72. The third kappa shape index (κ3) is 4.75. The maximum absolute atomic E-state index is 6.40. The van der Waals surface area contributed by atoms with Gasteiger partial charge in [-0.2, -0.15) is 0 Å². The lowest BCUT2D eigenvalue weighted by Gasteiger charge is -2.28. The minimum absolute atomic E-state index is 0.577. The van der Waals surface area contributed by atoms with Crippen molar-refractivity contribution in [3.8, 4) is 33.7 Å². The quantitative estimate of drug-likeness (QED) is 0.189. The van der Waals surface area contributed by atoms with Crippen molar-refractivity contribution >= 4 is 50.1 Å². The number of hydrogen-bond acceptors (Lipinski definition) is 4. The second kappa shape index (κ2) is 11.2. The van der Waals surface area contributed by atoms with Crippen molar-refractivity contribution in [1.29, 1.82) is 0 Å². The Morgan fingerprint density at radius 2 is 1.06 bits per heavy atom. The van der Waals surface area contributed by atoms with Gasteiger partial charge < -0.3 is 13.7 Å². The molecule has 0 saturated heterocycles. The number of rotatable bonds is 6. The van der Waals surface area contributed by atoms with Crippen LogP contribution in [-0.4, -0.2) is 4.98 Å². The summed E-state index contributed by atoms with van der Waals surface area (Å²) in [7, 11) is 0. The van der Waals surface area contributed by atoms with Gasteiger partial charge in [-0.05, 0) is 77.4 Å². The average molecular weight is 605 g/mol. The first-order valence-corrected chi connectivity index (χ1v) is 15.7. The number of anilines is 3. The lowest BCUT2D eigenvalue weighted by atomic mass is 10.0. The summed E-state index contributed by atoms with van der Waals surface area (Å²) in [5.41, 5.74) is 11.9. The molecule has 0 spiro atoms. The van der Waals surface area contributed by atoms with Gasteiger partial charge in [0.15, 0.2) is 5.58 Å². The van der Waals surface area contributed by atoms with E-state index in [9.17, 15) is 0 Å². The summed E-state index contributed by atoms with van der Waals surface area (Å²) in [5.74, 6) is 0.577. The van der Waals surface area contributed by atoms with E-state index in [0.29, 0.717) is 5.89 Å². The van der Waals surface area contributed by atoms with Crippen molar-refractivity contribution < 1.29 is 8.83 Å². The SMILES string of the molecule is c1ccc(-c2ccc(N(c3ccc4oc5cccc(-c6nc7ccccc7o6)c5c4c3)c3ccccc3-c3ccccc3)cc2)cc1. The topological polar surface area (TPSA) is 42.4 Å². The zero-order chi connectivity index (χ0) is 31.2. The molecule has 0 aliphatic heterocycles. The Bertz CT molecular complexity index is 2480. The van der Waals surface area contributed by atoms with E-state index in [4.69, 9.17) is 13.8 Å². The third-order valence-electron chi connectivity index (χ3n) is 8.72. The summed E-state index contributed by atoms with van der Waals surface area (Å²) < 4.78 is 12.7. The van der Waals surface area contributed by atoms with E-state index in [1.165, 1.54) is 11.1 Å². The Balaban J connectivity index is 1.25. The molecule has 2 heterocycles. The molecule has 9 rings (SSSR count). The van der Waals surface area contributed by atoms with Crippen LogP contribution in [0.5, 0.6) is 0 Å². The predicted molar refractivity (Wildman–Crippen MR) is 192 cm³/mol. The molecule has 9 aromatic rings. The lowest BCUT2D eigenvalue weighted by molar-refractivity contribution is 0.620. The van der Waals surface area contributed by atoms with E-state index in [-0.39, 0.29) is 0 Å². The molecule has 0 aliphatic rings. The highest BCUT2D eigenvalue weighted by Gasteiger charge is 2.21. The average Bonchev–Trinajstić information content (AvgIpc) is 3.75. The summed E-state index contributed by atoms with van der Waals surface area (Å²) in [4.78, 5) is 7.16. The van der Waals surface area contributed by atoms with Gasteiger partial charge in [0.2, 0.25) is 5.89 Å². The monoisotopic (exact) mass is 604 g/mol. The van der Waals surface area contributed by atoms with Gasteiger partial charge in [-0.1, -0.05) is 109 Å². The minimum Gasteiger partial charge on any atom is -0.456 e. The molecule has 2 aromatic heterocycles. The summed E-state index contributed by atoms with van der Waals surface area (Å²) in [6, 6.07) is 58.7. The first-order chi connectivity index (χ1) is 23.3. The van der Waals surface area contributed by atoms with Crippen molar-refractivity contribution in [2.45, 2.75) is 0 Å². The van der Waals surface area contributed by atoms with Gasteiger partial charge in [0.1, 0.15) is 16.7 Å². The normalized spacial score (nSPS) is 11.4. The van der Waals surface area contributed by atoms with Gasteiger partial charge in [0, 0.05) is 33.3 Å². The number of fused-ring (bicyclic) bond motifs is 4. The Hall–Kier alpha value is -6.39. The van der Waals surface area contributed by atoms with Crippen LogP contribution < -0.4 is 4.90 Å². The number of nitrogens with zero attached hydrogens (tertiary/aromatic N) is 2. The maximum atomic E-state index is 6.40. The molecule has 0 unspecified atom stereocenters. The smallest absolute Gasteiger partial charge is 0.228 e. The van der Waals surface area contributed by atoms with Gasteiger partial charge in [-0.25, -0.2) is 4.98 Å². The molecule has 0 N–H and O–H groups in total. The van der Waals surface area contributed by atoms with Crippen LogP contribution in [0.1, 0.15) is 0 Å². The van der Waals surface area contributed by atoms with E-state index < -0.39 is 0 Å². The minimum atomic E-state index is 0.577.